The molecule has 1 saturated heterocycles. The van der Waals surface area contributed by atoms with Crippen molar-refractivity contribution in [3.05, 3.63) is 53.1 Å². The first kappa shape index (κ1) is 25.2. The highest BCUT2D eigenvalue weighted by atomic mass is 16.6. The molecule has 36 heavy (non-hydrogen) atoms. The van der Waals surface area contributed by atoms with Crippen LogP contribution < -0.4 is 10.1 Å². The Kier molecular flexibility index (Phi) is 7.52. The molecule has 0 radical (unpaired) electrons. The number of nitrogens with one attached hydrogen (secondary N) is 1. The number of anilines is 1. The highest BCUT2D eigenvalue weighted by Gasteiger charge is 2.33. The molecule has 4 rings (SSSR count). The lowest BCUT2D eigenvalue weighted by Crippen LogP contribution is -2.50. The molecule has 1 atom stereocenters. The molecule has 2 aromatic rings. The summed E-state index contributed by atoms with van der Waals surface area (Å²) in [5.41, 5.74) is 3.01. The number of fused-ring (bicyclic) bond motifs is 1. The van der Waals surface area contributed by atoms with E-state index in [4.69, 9.17) is 9.47 Å². The number of amides is 3. The number of carboxylic acid groups (broad SMARTS) is 1. The standard InChI is InChI=1S/C26H31N3O7/c1-16-13-17(14-21(35-2)23(16)30)15-22(24(31)32)36-26(34)28-10-8-19(9-11-28)29-12-7-18-5-3-4-6-20(18)27-25(29)33/h3-6,13-14,19,22,30H,7-12,15H2,1-2H3,(H,27,33)(H,31,32)/t22-/m1/s1. The molecule has 3 amide bonds. The number of ether oxygens (including phenoxy) is 2. The van der Waals surface area contributed by atoms with Crippen LogP contribution in [0.5, 0.6) is 11.5 Å². The summed E-state index contributed by atoms with van der Waals surface area (Å²) >= 11 is 0. The highest BCUT2D eigenvalue weighted by molar-refractivity contribution is 5.91. The van der Waals surface area contributed by atoms with Crippen LogP contribution in [0.15, 0.2) is 36.4 Å². The van der Waals surface area contributed by atoms with Crippen LogP contribution in [0.25, 0.3) is 0 Å². The Bertz CT molecular complexity index is 1140. The highest BCUT2D eigenvalue weighted by Crippen LogP contribution is 2.31. The van der Waals surface area contributed by atoms with Crippen molar-refractivity contribution in [3.63, 3.8) is 0 Å². The number of phenolic OH excluding ortho intramolecular Hbond substituents is 1. The van der Waals surface area contributed by atoms with Crippen LogP contribution in [0, 0.1) is 6.92 Å². The number of hydrogen-bond acceptors (Lipinski definition) is 6. The molecule has 2 heterocycles. The number of para-hydroxylation sites is 1. The van der Waals surface area contributed by atoms with E-state index >= 15 is 0 Å². The van der Waals surface area contributed by atoms with Crippen LogP contribution >= 0.6 is 0 Å². The Morgan fingerprint density at radius 1 is 1.17 bits per heavy atom. The molecular formula is C26H31N3O7. The average molecular weight is 498 g/mol. The molecule has 1 fully saturated rings. The van der Waals surface area contributed by atoms with Crippen LogP contribution in [0.3, 0.4) is 0 Å². The van der Waals surface area contributed by atoms with Crippen molar-refractivity contribution in [1.82, 2.24) is 9.80 Å². The van der Waals surface area contributed by atoms with Gasteiger partial charge in [0.2, 0.25) is 6.10 Å². The molecule has 3 N–H and O–H groups in total. The van der Waals surface area contributed by atoms with E-state index in [0.29, 0.717) is 43.6 Å². The van der Waals surface area contributed by atoms with E-state index in [-0.39, 0.29) is 30.0 Å². The number of likely N-dealkylation sites (tertiary alicyclic amines) is 1. The van der Waals surface area contributed by atoms with Crippen molar-refractivity contribution in [3.8, 4) is 11.5 Å². The second-order valence-electron chi connectivity index (χ2n) is 9.13. The van der Waals surface area contributed by atoms with Gasteiger partial charge in [-0.3, -0.25) is 0 Å². The van der Waals surface area contributed by atoms with Gasteiger partial charge in [-0.1, -0.05) is 24.3 Å². The predicted molar refractivity (Wildman–Crippen MR) is 131 cm³/mol. The number of urea groups is 1. The summed E-state index contributed by atoms with van der Waals surface area (Å²) < 4.78 is 10.5. The number of carbonyl (C=O) groups excluding carboxylic acids is 2. The van der Waals surface area contributed by atoms with Gasteiger partial charge in [0.25, 0.3) is 0 Å². The number of aliphatic carboxylic acids is 1. The molecule has 2 aliphatic heterocycles. The number of phenols is 1. The lowest BCUT2D eigenvalue weighted by atomic mass is 10.0. The number of carboxylic acids is 1. The molecule has 2 aliphatic rings. The molecule has 0 spiro atoms. The minimum atomic E-state index is -1.39. The quantitative estimate of drug-likeness (QED) is 0.558. The van der Waals surface area contributed by atoms with E-state index in [1.165, 1.54) is 18.1 Å². The first-order valence-corrected chi connectivity index (χ1v) is 12.0. The summed E-state index contributed by atoms with van der Waals surface area (Å²) in [7, 11) is 1.41. The summed E-state index contributed by atoms with van der Waals surface area (Å²) in [6.45, 7) is 2.99. The molecule has 10 nitrogen and oxygen atoms in total. The molecule has 10 heteroatoms. The number of benzene rings is 2. The number of nitrogens with zero attached hydrogens (tertiary/aromatic N) is 2. The van der Waals surface area contributed by atoms with Gasteiger partial charge in [-0.25, -0.2) is 14.4 Å². The second-order valence-corrected chi connectivity index (χ2v) is 9.13. The molecule has 0 unspecified atom stereocenters. The maximum absolute atomic E-state index is 12.8. The molecule has 192 valence electrons. The monoisotopic (exact) mass is 497 g/mol. The number of aryl methyl sites for hydroxylation is 1. The van der Waals surface area contributed by atoms with Crippen molar-refractivity contribution in [2.45, 2.75) is 44.8 Å². The van der Waals surface area contributed by atoms with E-state index in [9.17, 15) is 24.6 Å². The Labute approximate surface area is 209 Å². The minimum absolute atomic E-state index is 0.0186. The molecule has 0 aliphatic carbocycles. The van der Waals surface area contributed by atoms with Gasteiger partial charge in [0, 0.05) is 37.8 Å². The van der Waals surface area contributed by atoms with E-state index in [1.54, 1.807) is 13.0 Å². The van der Waals surface area contributed by atoms with Crippen molar-refractivity contribution < 1.29 is 34.1 Å². The van der Waals surface area contributed by atoms with Crippen molar-refractivity contribution >= 4 is 23.8 Å². The third-order valence-electron chi connectivity index (χ3n) is 6.79. The minimum Gasteiger partial charge on any atom is -0.504 e. The van der Waals surface area contributed by atoms with Gasteiger partial charge in [-0.05, 0) is 55.0 Å². The molecule has 0 saturated carbocycles. The number of aromatic hydroxyl groups is 1. The van der Waals surface area contributed by atoms with E-state index in [1.807, 2.05) is 29.2 Å². The summed E-state index contributed by atoms with van der Waals surface area (Å²) in [5.74, 6) is -1.05. The number of methoxy groups -OCH3 is 1. The van der Waals surface area contributed by atoms with Crippen LogP contribution in [0.1, 0.15) is 29.5 Å². The first-order valence-electron chi connectivity index (χ1n) is 12.0. The molecule has 0 bridgehead atoms. The zero-order valence-electron chi connectivity index (χ0n) is 20.4. The van der Waals surface area contributed by atoms with Gasteiger partial charge in [0.05, 0.1) is 7.11 Å². The third kappa shape index (κ3) is 5.48. The summed E-state index contributed by atoms with van der Waals surface area (Å²) in [4.78, 5) is 40.7. The van der Waals surface area contributed by atoms with Crippen molar-refractivity contribution in [1.29, 1.82) is 0 Å². The van der Waals surface area contributed by atoms with Crippen LogP contribution in [0.4, 0.5) is 15.3 Å². The Morgan fingerprint density at radius 3 is 2.58 bits per heavy atom. The lowest BCUT2D eigenvalue weighted by Gasteiger charge is -2.37. The zero-order valence-corrected chi connectivity index (χ0v) is 20.4. The largest absolute Gasteiger partial charge is 0.504 e. The fourth-order valence-corrected chi connectivity index (χ4v) is 4.78. The third-order valence-corrected chi connectivity index (χ3v) is 6.79. The van der Waals surface area contributed by atoms with Crippen LogP contribution in [0.2, 0.25) is 0 Å². The number of piperidine rings is 1. The Balaban J connectivity index is 1.34. The normalized spacial score (nSPS) is 17.0. The molecular weight excluding hydrogens is 466 g/mol. The Hall–Kier alpha value is -3.95. The smallest absolute Gasteiger partial charge is 0.410 e. The van der Waals surface area contributed by atoms with Gasteiger partial charge in [-0.2, -0.15) is 0 Å². The molecule has 0 aromatic heterocycles. The fraction of sp³-hybridized carbons (Fsp3) is 0.423. The number of carbonyl (C=O) groups is 3. The molecule has 2 aromatic carbocycles. The van der Waals surface area contributed by atoms with E-state index in [0.717, 1.165) is 17.7 Å². The van der Waals surface area contributed by atoms with Gasteiger partial charge < -0.3 is 34.8 Å². The SMILES string of the molecule is COc1cc(C[C@@H](OC(=O)N2CCC(N3CCc4ccccc4NC3=O)CC2)C(=O)O)cc(C)c1O. The van der Waals surface area contributed by atoms with Crippen LogP contribution in [-0.4, -0.2) is 77.0 Å². The van der Waals surface area contributed by atoms with Gasteiger partial charge in [0.15, 0.2) is 11.5 Å². The topological polar surface area (TPSA) is 129 Å². The Morgan fingerprint density at radius 2 is 1.89 bits per heavy atom. The maximum atomic E-state index is 12.8. The zero-order chi connectivity index (χ0) is 25.8. The van der Waals surface area contributed by atoms with Gasteiger partial charge in [-0.15, -0.1) is 0 Å². The fourth-order valence-electron chi connectivity index (χ4n) is 4.78. The second kappa shape index (κ2) is 10.8. The first-order chi connectivity index (χ1) is 17.3. The van der Waals surface area contributed by atoms with Crippen molar-refractivity contribution in [2.24, 2.45) is 0 Å². The van der Waals surface area contributed by atoms with E-state index in [2.05, 4.69) is 5.32 Å². The average Bonchev–Trinajstić information content (AvgIpc) is 3.03. The summed E-state index contributed by atoms with van der Waals surface area (Å²) in [6, 6.07) is 10.7. The van der Waals surface area contributed by atoms with Gasteiger partial charge in [0.1, 0.15) is 0 Å². The number of rotatable bonds is 6. The summed E-state index contributed by atoms with van der Waals surface area (Å²) in [5, 5.41) is 22.6. The van der Waals surface area contributed by atoms with Crippen molar-refractivity contribution in [2.75, 3.05) is 32.1 Å². The van der Waals surface area contributed by atoms with Gasteiger partial charge >= 0.3 is 18.1 Å². The predicted octanol–water partition coefficient (Wildman–Crippen LogP) is 3.40. The maximum Gasteiger partial charge on any atom is 0.410 e. The van der Waals surface area contributed by atoms with Crippen LogP contribution in [-0.2, 0) is 22.4 Å². The van der Waals surface area contributed by atoms with E-state index < -0.39 is 18.2 Å². The number of hydrogen-bond donors (Lipinski definition) is 3. The summed E-state index contributed by atoms with van der Waals surface area (Å²) in [6.07, 6.45) is -0.256. The lowest BCUT2D eigenvalue weighted by molar-refractivity contribution is -0.147.